The largest absolute Gasteiger partial charge is 0.366 e. The van der Waals surface area contributed by atoms with E-state index in [1.807, 2.05) is 66.9 Å². The predicted molar refractivity (Wildman–Crippen MR) is 87.0 cm³/mol. The first-order chi connectivity index (χ1) is 10.3. The summed E-state index contributed by atoms with van der Waals surface area (Å²) in [5, 5.41) is 3.12. The van der Waals surface area contributed by atoms with Gasteiger partial charge < -0.3 is 4.74 Å². The molecule has 21 heavy (non-hydrogen) atoms. The van der Waals surface area contributed by atoms with Crippen LogP contribution in [0.15, 0.2) is 60.0 Å². The van der Waals surface area contributed by atoms with Crippen molar-refractivity contribution in [3.63, 3.8) is 0 Å². The molecule has 1 unspecified atom stereocenters. The lowest BCUT2D eigenvalue weighted by Crippen LogP contribution is -2.16. The van der Waals surface area contributed by atoms with Gasteiger partial charge in [-0.1, -0.05) is 42.5 Å². The molecule has 1 heterocycles. The Bertz CT molecular complexity index is 746. The van der Waals surface area contributed by atoms with E-state index >= 15 is 0 Å². The summed E-state index contributed by atoms with van der Waals surface area (Å²) in [6.45, 7) is 2.42. The highest BCUT2D eigenvalue weighted by molar-refractivity contribution is 7.17. The van der Waals surface area contributed by atoms with E-state index in [4.69, 9.17) is 4.74 Å². The van der Waals surface area contributed by atoms with Gasteiger partial charge in [0.15, 0.2) is 5.78 Å². The smallest absolute Gasteiger partial charge is 0.197 e. The van der Waals surface area contributed by atoms with Crippen LogP contribution in [0.3, 0.4) is 0 Å². The molecule has 1 atom stereocenters. The second-order valence-electron chi connectivity index (χ2n) is 4.75. The molecule has 2 nitrogen and oxygen atoms in total. The van der Waals surface area contributed by atoms with Gasteiger partial charge in [0.25, 0.3) is 0 Å². The Morgan fingerprint density at radius 2 is 1.90 bits per heavy atom. The van der Waals surface area contributed by atoms with Crippen molar-refractivity contribution in [3.05, 3.63) is 71.1 Å². The molecule has 2 aromatic carbocycles. The summed E-state index contributed by atoms with van der Waals surface area (Å²) in [5.74, 6) is 0.0242. The summed E-state index contributed by atoms with van der Waals surface area (Å²) in [6.07, 6.45) is -0.538. The van der Waals surface area contributed by atoms with E-state index in [2.05, 4.69) is 0 Å². The molecule has 3 heteroatoms. The van der Waals surface area contributed by atoms with Crippen LogP contribution in [0, 0.1) is 0 Å². The number of thiophene rings is 1. The Morgan fingerprint density at radius 1 is 1.10 bits per heavy atom. The van der Waals surface area contributed by atoms with Gasteiger partial charge in [-0.15, -0.1) is 11.3 Å². The second-order valence-corrected chi connectivity index (χ2v) is 5.67. The van der Waals surface area contributed by atoms with Gasteiger partial charge in [-0.3, -0.25) is 4.79 Å². The van der Waals surface area contributed by atoms with Crippen LogP contribution in [0.2, 0.25) is 0 Å². The molecular weight excluding hydrogens is 280 g/mol. The van der Waals surface area contributed by atoms with Crippen LogP contribution in [0.5, 0.6) is 0 Å². The summed E-state index contributed by atoms with van der Waals surface area (Å²) in [5.41, 5.74) is 1.64. The van der Waals surface area contributed by atoms with Crippen molar-refractivity contribution < 1.29 is 9.53 Å². The predicted octanol–water partition coefficient (Wildman–Crippen LogP) is 4.86. The molecule has 0 bridgehead atoms. The number of Topliss-reactive ketones (excluding diaryl/α,β-unsaturated/α-hetero) is 1. The highest BCUT2D eigenvalue weighted by Gasteiger charge is 2.24. The normalized spacial score (nSPS) is 12.4. The van der Waals surface area contributed by atoms with Crippen molar-refractivity contribution in [3.8, 4) is 0 Å². The molecule has 0 saturated carbocycles. The Balaban J connectivity index is 2.04. The summed E-state index contributed by atoms with van der Waals surface area (Å²) in [4.78, 5) is 12.9. The van der Waals surface area contributed by atoms with Gasteiger partial charge in [0.1, 0.15) is 6.10 Å². The molecule has 0 aliphatic carbocycles. The van der Waals surface area contributed by atoms with Crippen molar-refractivity contribution in [1.82, 2.24) is 0 Å². The number of hydrogen-bond donors (Lipinski definition) is 0. The van der Waals surface area contributed by atoms with Crippen LogP contribution in [0.4, 0.5) is 0 Å². The molecule has 0 aliphatic heterocycles. The summed E-state index contributed by atoms with van der Waals surface area (Å²) in [7, 11) is 0. The number of carbonyl (C=O) groups is 1. The van der Waals surface area contributed by atoms with E-state index in [9.17, 15) is 4.79 Å². The zero-order chi connectivity index (χ0) is 14.7. The van der Waals surface area contributed by atoms with Crippen molar-refractivity contribution in [2.75, 3.05) is 6.61 Å². The topological polar surface area (TPSA) is 26.3 Å². The molecule has 3 aromatic rings. The second kappa shape index (κ2) is 6.20. The van der Waals surface area contributed by atoms with Crippen molar-refractivity contribution in [2.24, 2.45) is 0 Å². The quantitative estimate of drug-likeness (QED) is 0.628. The molecule has 1 aromatic heterocycles. The molecule has 0 spiro atoms. The maximum atomic E-state index is 12.9. The van der Waals surface area contributed by atoms with Crippen LogP contribution in [-0.2, 0) is 4.74 Å². The minimum Gasteiger partial charge on any atom is -0.366 e. The maximum absolute atomic E-state index is 12.9. The van der Waals surface area contributed by atoms with Crippen LogP contribution >= 0.6 is 11.3 Å². The van der Waals surface area contributed by atoms with Gasteiger partial charge >= 0.3 is 0 Å². The lowest BCUT2D eigenvalue weighted by molar-refractivity contribution is 0.0454. The molecule has 0 N–H and O–H groups in total. The molecule has 3 rings (SSSR count). The summed E-state index contributed by atoms with van der Waals surface area (Å²) < 4.78 is 6.76. The zero-order valence-corrected chi connectivity index (χ0v) is 12.6. The van der Waals surface area contributed by atoms with Gasteiger partial charge in [0.2, 0.25) is 0 Å². The van der Waals surface area contributed by atoms with E-state index in [0.717, 1.165) is 21.2 Å². The van der Waals surface area contributed by atoms with Crippen molar-refractivity contribution in [1.29, 1.82) is 0 Å². The Hall–Kier alpha value is -1.97. The van der Waals surface area contributed by atoms with E-state index in [1.54, 1.807) is 11.3 Å². The highest BCUT2D eigenvalue weighted by atomic mass is 32.1. The fraction of sp³-hybridized carbons (Fsp3) is 0.167. The molecule has 0 aliphatic rings. The maximum Gasteiger partial charge on any atom is 0.197 e. The number of ether oxygens (including phenoxy) is 1. The van der Waals surface area contributed by atoms with E-state index < -0.39 is 6.10 Å². The van der Waals surface area contributed by atoms with Gasteiger partial charge in [-0.2, -0.15) is 0 Å². The molecule has 106 valence electrons. The lowest BCUT2D eigenvalue weighted by atomic mass is 9.99. The lowest BCUT2D eigenvalue weighted by Gasteiger charge is -2.16. The fourth-order valence-corrected chi connectivity index (χ4v) is 3.36. The minimum absolute atomic E-state index is 0.0242. The van der Waals surface area contributed by atoms with E-state index in [-0.39, 0.29) is 5.78 Å². The van der Waals surface area contributed by atoms with E-state index in [0.29, 0.717) is 6.61 Å². The number of rotatable bonds is 5. The average molecular weight is 296 g/mol. The average Bonchev–Trinajstić information content (AvgIpc) is 3.01. The summed E-state index contributed by atoms with van der Waals surface area (Å²) >= 11 is 1.60. The van der Waals surface area contributed by atoms with Crippen LogP contribution in [0.25, 0.3) is 10.1 Å². The van der Waals surface area contributed by atoms with Crippen LogP contribution < -0.4 is 0 Å². The van der Waals surface area contributed by atoms with Crippen molar-refractivity contribution in [2.45, 2.75) is 13.0 Å². The number of carbonyl (C=O) groups excluding carboxylic acids is 1. The van der Waals surface area contributed by atoms with Gasteiger partial charge in [-0.25, -0.2) is 0 Å². The van der Waals surface area contributed by atoms with E-state index in [1.165, 1.54) is 0 Å². The standard InChI is InChI=1S/C18H16O2S/c1-2-20-17(13-7-4-3-5-8-13)16(19)15-10-6-9-14-11-12-21-18(14)15/h3-12,17H,2H2,1H3. The zero-order valence-electron chi connectivity index (χ0n) is 11.8. The van der Waals surface area contributed by atoms with Crippen LogP contribution in [-0.4, -0.2) is 12.4 Å². The third-order valence-corrected chi connectivity index (χ3v) is 4.38. The first-order valence-electron chi connectivity index (χ1n) is 6.98. The minimum atomic E-state index is -0.538. The SMILES string of the molecule is CCOC(C(=O)c1cccc2ccsc12)c1ccccc1. The van der Waals surface area contributed by atoms with Gasteiger partial charge in [-0.05, 0) is 35.4 Å². The Kier molecular flexibility index (Phi) is 4.13. The first-order valence-corrected chi connectivity index (χ1v) is 7.86. The Labute approximate surface area is 128 Å². The van der Waals surface area contributed by atoms with Gasteiger partial charge in [0, 0.05) is 16.9 Å². The van der Waals surface area contributed by atoms with Crippen molar-refractivity contribution >= 4 is 27.2 Å². The third kappa shape index (κ3) is 2.75. The molecule has 0 saturated heterocycles. The Morgan fingerprint density at radius 3 is 2.67 bits per heavy atom. The number of hydrogen-bond acceptors (Lipinski definition) is 3. The molecule has 0 amide bonds. The number of fused-ring (bicyclic) bond motifs is 1. The highest BCUT2D eigenvalue weighted by Crippen LogP contribution is 2.30. The molecule has 0 fully saturated rings. The van der Waals surface area contributed by atoms with Crippen LogP contribution in [0.1, 0.15) is 28.9 Å². The first kappa shape index (κ1) is 14.0. The monoisotopic (exact) mass is 296 g/mol. The fourth-order valence-electron chi connectivity index (χ4n) is 2.45. The number of ketones is 1. The molecule has 0 radical (unpaired) electrons. The summed E-state index contributed by atoms with van der Waals surface area (Å²) in [6, 6.07) is 17.6. The number of benzene rings is 2. The third-order valence-electron chi connectivity index (χ3n) is 3.42. The van der Waals surface area contributed by atoms with Gasteiger partial charge in [0.05, 0.1) is 0 Å². The molecular formula is C18H16O2S.